The number of ether oxygens (including phenoxy) is 2. The maximum atomic E-state index is 13.9. The number of carbonyl (C=O) groups excluding carboxylic acids is 2. The molecule has 0 spiro atoms. The number of aryl methyl sites for hydroxylation is 1. The van der Waals surface area contributed by atoms with E-state index in [2.05, 4.69) is 15.1 Å². The molecule has 1 saturated heterocycles. The molecule has 16 nitrogen and oxygen atoms in total. The summed E-state index contributed by atoms with van der Waals surface area (Å²) in [5, 5.41) is 51.0. The normalized spacial score (nSPS) is 17.3. The number of hydrogen-bond acceptors (Lipinski definition) is 13. The van der Waals surface area contributed by atoms with Crippen molar-refractivity contribution in [2.45, 2.75) is 84.3 Å². The fraction of sp³-hybridized carbons (Fsp3) is 0.333. The van der Waals surface area contributed by atoms with Gasteiger partial charge in [0.25, 0.3) is 5.56 Å². The van der Waals surface area contributed by atoms with Crippen LogP contribution in [0, 0.1) is 0 Å². The zero-order valence-electron chi connectivity index (χ0n) is 33.8. The van der Waals surface area contributed by atoms with Crippen LogP contribution < -0.4 is 5.56 Å². The maximum absolute atomic E-state index is 13.9. The zero-order valence-corrected chi connectivity index (χ0v) is 33.8. The van der Waals surface area contributed by atoms with Crippen LogP contribution in [0.2, 0.25) is 0 Å². The predicted molar refractivity (Wildman–Crippen MR) is 220 cm³/mol. The highest BCUT2D eigenvalue weighted by atomic mass is 16.6. The molecule has 16 heteroatoms. The van der Waals surface area contributed by atoms with Gasteiger partial charge in [-0.25, -0.2) is 19.1 Å². The molecule has 312 valence electrons. The molecular formula is C45H43N7O9. The van der Waals surface area contributed by atoms with Gasteiger partial charge < -0.3 is 39.4 Å². The first kappa shape index (κ1) is 38.3. The van der Waals surface area contributed by atoms with Crippen molar-refractivity contribution >= 4 is 23.0 Å². The van der Waals surface area contributed by atoms with E-state index in [4.69, 9.17) is 14.5 Å². The SMILES string of the molecule is CCc1c2c(nc3ccc(O)cc13)-c1cc3c(c(=O)n1C2)COC(=O)[C@H]3OC(=O)N1CCC(N2Cc3ccc(-n4c(O)nnc4-c4cc(C(C)C)c(O)cc4O)cc3C2)CC1. The Morgan fingerprint density at radius 3 is 2.46 bits per heavy atom. The molecule has 3 aromatic carbocycles. The molecule has 0 radical (unpaired) electrons. The number of pyridine rings is 2. The number of aromatic hydroxyl groups is 4. The van der Waals surface area contributed by atoms with Crippen LogP contribution in [0.4, 0.5) is 4.79 Å². The molecule has 7 heterocycles. The lowest BCUT2D eigenvalue weighted by atomic mass is 9.97. The number of piperidine rings is 1. The lowest BCUT2D eigenvalue weighted by Crippen LogP contribution is -2.46. The van der Waals surface area contributed by atoms with Crippen molar-refractivity contribution in [1.29, 1.82) is 0 Å². The van der Waals surface area contributed by atoms with Crippen LogP contribution in [0.25, 0.3) is 39.4 Å². The van der Waals surface area contributed by atoms with Crippen LogP contribution in [0.1, 0.15) is 84.6 Å². The second-order valence-electron chi connectivity index (χ2n) is 16.5. The third-order valence-electron chi connectivity index (χ3n) is 12.7. The van der Waals surface area contributed by atoms with Crippen molar-refractivity contribution in [3.63, 3.8) is 0 Å². The number of esters is 1. The highest BCUT2D eigenvalue weighted by Gasteiger charge is 2.40. The third kappa shape index (κ3) is 6.23. The maximum Gasteiger partial charge on any atom is 0.410 e. The van der Waals surface area contributed by atoms with E-state index in [0.29, 0.717) is 84.7 Å². The first-order chi connectivity index (χ1) is 29.4. The molecule has 0 saturated carbocycles. The molecule has 3 aromatic heterocycles. The van der Waals surface area contributed by atoms with Crippen molar-refractivity contribution in [2.75, 3.05) is 13.1 Å². The average molecular weight is 826 g/mol. The standard InChI is InChI=1S/C45H43N7O9/c1-4-28-30-14-27(53)7-8-35(30)46-39-33(28)20-51-36(39)16-31-34(42(51)56)21-60-43(57)40(31)61-45(59)49-11-9-25(10-12-49)50-18-23-5-6-26(13-24(23)19-50)52-41(47-48-44(52)58)32-15-29(22(2)3)37(54)17-38(32)55/h5-8,13-17,22,25,40,53-55H,4,9-12,18-21H2,1-3H3,(H,48,58)/t40-/m0/s1. The second kappa shape index (κ2) is 14.4. The minimum absolute atomic E-state index is 0.0264. The van der Waals surface area contributed by atoms with Gasteiger partial charge in [-0.05, 0) is 89.9 Å². The number of phenolic OH excluding ortho intramolecular Hbond substituents is 3. The number of carbonyl (C=O) groups is 2. The number of nitrogens with zero attached hydrogens (tertiary/aromatic N) is 7. The Labute approximate surface area is 348 Å². The molecule has 4 aliphatic heterocycles. The summed E-state index contributed by atoms with van der Waals surface area (Å²) in [4.78, 5) is 49.7. The Morgan fingerprint density at radius 1 is 0.902 bits per heavy atom. The molecule has 6 aromatic rings. The van der Waals surface area contributed by atoms with Crippen LogP contribution in [0.3, 0.4) is 0 Å². The van der Waals surface area contributed by atoms with Gasteiger partial charge in [-0.2, -0.15) is 0 Å². The van der Waals surface area contributed by atoms with Gasteiger partial charge in [0.2, 0.25) is 6.10 Å². The fourth-order valence-electron chi connectivity index (χ4n) is 9.52. The summed E-state index contributed by atoms with van der Waals surface area (Å²) in [6.45, 7) is 8.06. The highest BCUT2D eigenvalue weighted by Crippen LogP contribution is 2.42. The summed E-state index contributed by atoms with van der Waals surface area (Å²) in [6, 6.07) is 15.3. The Balaban J connectivity index is 0.836. The summed E-state index contributed by atoms with van der Waals surface area (Å²) >= 11 is 0. The number of cyclic esters (lactones) is 1. The minimum atomic E-state index is -1.41. The van der Waals surface area contributed by atoms with Crippen molar-refractivity contribution in [3.05, 3.63) is 104 Å². The Bertz CT molecular complexity index is 2890. The van der Waals surface area contributed by atoms with E-state index in [9.17, 15) is 34.8 Å². The monoisotopic (exact) mass is 825 g/mol. The lowest BCUT2D eigenvalue weighted by Gasteiger charge is -2.36. The molecule has 0 bridgehead atoms. The van der Waals surface area contributed by atoms with Crippen molar-refractivity contribution in [3.8, 4) is 51.7 Å². The zero-order chi connectivity index (χ0) is 42.4. The van der Waals surface area contributed by atoms with Crippen molar-refractivity contribution in [1.82, 2.24) is 34.1 Å². The molecule has 4 aliphatic rings. The summed E-state index contributed by atoms with van der Waals surface area (Å²) in [5.74, 6) is -0.618. The molecule has 4 N–H and O–H groups in total. The van der Waals surface area contributed by atoms with Crippen molar-refractivity contribution in [2.24, 2.45) is 0 Å². The van der Waals surface area contributed by atoms with Gasteiger partial charge in [-0.1, -0.05) is 31.9 Å². The quantitative estimate of drug-likeness (QED) is 0.145. The van der Waals surface area contributed by atoms with Gasteiger partial charge in [-0.3, -0.25) is 9.69 Å². The lowest BCUT2D eigenvalue weighted by molar-refractivity contribution is -0.158. The summed E-state index contributed by atoms with van der Waals surface area (Å²) in [5.41, 5.74) is 7.68. The molecular weight excluding hydrogens is 783 g/mol. The van der Waals surface area contributed by atoms with Crippen LogP contribution in [-0.2, 0) is 46.9 Å². The third-order valence-corrected chi connectivity index (χ3v) is 12.7. The molecule has 0 aliphatic carbocycles. The summed E-state index contributed by atoms with van der Waals surface area (Å²) in [6.07, 6.45) is -0.0883. The topological polar surface area (TPSA) is 206 Å². The Hall–Kier alpha value is -6.94. The van der Waals surface area contributed by atoms with E-state index in [-0.39, 0.29) is 65.3 Å². The molecule has 61 heavy (non-hydrogen) atoms. The largest absolute Gasteiger partial charge is 0.508 e. The number of aromatic nitrogens is 5. The summed E-state index contributed by atoms with van der Waals surface area (Å²) < 4.78 is 14.4. The number of benzene rings is 3. The highest BCUT2D eigenvalue weighted by molar-refractivity contribution is 5.89. The smallest absolute Gasteiger partial charge is 0.410 e. The van der Waals surface area contributed by atoms with Crippen LogP contribution >= 0.6 is 0 Å². The molecule has 1 atom stereocenters. The molecule has 1 fully saturated rings. The van der Waals surface area contributed by atoms with E-state index >= 15 is 0 Å². The molecule has 10 rings (SSSR count). The number of amides is 1. The average Bonchev–Trinajstić information content (AvgIpc) is 3.96. The number of likely N-dealkylation sites (tertiary alicyclic amines) is 1. The van der Waals surface area contributed by atoms with Gasteiger partial charge in [-0.15, -0.1) is 5.10 Å². The number of fused-ring (bicyclic) bond motifs is 6. The first-order valence-corrected chi connectivity index (χ1v) is 20.5. The Kier molecular flexibility index (Phi) is 9.01. The fourth-order valence-corrected chi connectivity index (χ4v) is 9.52. The van der Waals surface area contributed by atoms with Gasteiger partial charge in [0.05, 0.1) is 40.3 Å². The number of hydrogen-bond donors (Lipinski definition) is 4. The van der Waals surface area contributed by atoms with Crippen LogP contribution in [0.5, 0.6) is 23.3 Å². The van der Waals surface area contributed by atoms with Gasteiger partial charge in [0.1, 0.15) is 23.9 Å². The number of rotatable bonds is 6. The number of phenols is 3. The Morgan fingerprint density at radius 2 is 1.69 bits per heavy atom. The molecule has 0 unspecified atom stereocenters. The van der Waals surface area contributed by atoms with Gasteiger partial charge >= 0.3 is 18.1 Å². The summed E-state index contributed by atoms with van der Waals surface area (Å²) in [7, 11) is 0. The van der Waals surface area contributed by atoms with Crippen LogP contribution in [0.15, 0.2) is 59.4 Å². The van der Waals surface area contributed by atoms with E-state index in [0.717, 1.165) is 27.6 Å². The van der Waals surface area contributed by atoms with E-state index in [1.165, 1.54) is 10.6 Å². The second-order valence-corrected chi connectivity index (χ2v) is 16.5. The van der Waals surface area contributed by atoms with Gasteiger partial charge in [0.15, 0.2) is 5.82 Å². The predicted octanol–water partition coefficient (Wildman–Crippen LogP) is 5.90. The van der Waals surface area contributed by atoms with Gasteiger partial charge in [0, 0.05) is 54.8 Å². The van der Waals surface area contributed by atoms with E-state index in [1.807, 2.05) is 39.0 Å². The minimum Gasteiger partial charge on any atom is -0.508 e. The van der Waals surface area contributed by atoms with E-state index < -0.39 is 18.2 Å². The molecule has 1 amide bonds. The first-order valence-electron chi connectivity index (χ1n) is 20.5. The van der Waals surface area contributed by atoms with Crippen LogP contribution in [-0.4, -0.2) is 85.7 Å². The van der Waals surface area contributed by atoms with E-state index in [1.54, 1.807) is 39.8 Å². The van der Waals surface area contributed by atoms with Crippen molar-refractivity contribution < 1.29 is 39.5 Å².